The molecule has 1 aliphatic heterocycles. The number of hydrogen-bond acceptors (Lipinski definition) is 5. The van der Waals surface area contributed by atoms with Crippen LogP contribution in [0, 0.1) is 0 Å². The Bertz CT molecular complexity index is 882. The highest BCUT2D eigenvalue weighted by Gasteiger charge is 2.34. The van der Waals surface area contributed by atoms with Crippen LogP contribution < -0.4 is 16.2 Å². The number of amides is 2. The lowest BCUT2D eigenvalue weighted by atomic mass is 9.92. The van der Waals surface area contributed by atoms with Crippen LogP contribution in [0.4, 0.5) is 11.5 Å². The molecule has 3 rings (SSSR count). The minimum atomic E-state index is -0.885. The lowest BCUT2D eigenvalue weighted by Crippen LogP contribution is -2.36. The third kappa shape index (κ3) is 3.93. The van der Waals surface area contributed by atoms with Gasteiger partial charge in [-0.3, -0.25) is 14.4 Å². The van der Waals surface area contributed by atoms with Gasteiger partial charge in [0.15, 0.2) is 5.16 Å². The predicted molar refractivity (Wildman–Crippen MR) is 100 cm³/mol. The van der Waals surface area contributed by atoms with Crippen molar-refractivity contribution in [2.24, 2.45) is 0 Å². The Labute approximate surface area is 156 Å². The number of H-pyrrole nitrogens is 1. The summed E-state index contributed by atoms with van der Waals surface area (Å²) in [4.78, 5) is 43.9. The molecule has 2 heterocycles. The van der Waals surface area contributed by atoms with Crippen molar-refractivity contribution in [1.82, 2.24) is 9.97 Å². The highest BCUT2D eigenvalue weighted by Crippen LogP contribution is 2.30. The Morgan fingerprint density at radius 1 is 1.36 bits per heavy atom. The molecule has 9 heteroatoms. The maximum atomic E-state index is 12.6. The number of benzene rings is 1. The fourth-order valence-corrected chi connectivity index (χ4v) is 3.40. The van der Waals surface area contributed by atoms with Gasteiger partial charge < -0.3 is 15.6 Å². The molecule has 25 heavy (non-hydrogen) atoms. The molecule has 2 amide bonds. The van der Waals surface area contributed by atoms with Gasteiger partial charge in [0.1, 0.15) is 5.82 Å². The number of fused-ring (bicyclic) bond motifs is 1. The molecule has 7 nitrogen and oxygen atoms in total. The minimum Gasteiger partial charge on any atom is -0.326 e. The molecule has 1 aromatic carbocycles. The lowest BCUT2D eigenvalue weighted by molar-refractivity contribution is -0.123. The SMILES string of the molecule is CCSc1nc2c(c(=O)[nH]1)C(C(=O)Nc1ccc(Br)cc1)CC(=O)N2. The number of nitrogens with one attached hydrogen (secondary N) is 3. The molecule has 2 aromatic rings. The summed E-state index contributed by atoms with van der Waals surface area (Å²) in [5.41, 5.74) is 0.370. The first-order valence-electron chi connectivity index (χ1n) is 7.61. The number of aromatic nitrogens is 2. The minimum absolute atomic E-state index is 0.0968. The molecular weight excluding hydrogens is 408 g/mol. The maximum absolute atomic E-state index is 12.6. The third-order valence-corrected chi connectivity index (χ3v) is 4.92. The van der Waals surface area contributed by atoms with E-state index >= 15 is 0 Å². The quantitative estimate of drug-likeness (QED) is 0.518. The van der Waals surface area contributed by atoms with Gasteiger partial charge in [-0.2, -0.15) is 0 Å². The number of anilines is 2. The van der Waals surface area contributed by atoms with Gasteiger partial charge in [0.2, 0.25) is 11.8 Å². The van der Waals surface area contributed by atoms with Crippen LogP contribution in [-0.4, -0.2) is 27.5 Å². The molecule has 0 saturated heterocycles. The summed E-state index contributed by atoms with van der Waals surface area (Å²) in [5, 5.41) is 5.75. The molecule has 0 bridgehead atoms. The zero-order chi connectivity index (χ0) is 18.0. The second-order valence-electron chi connectivity index (χ2n) is 5.37. The Hall–Kier alpha value is -2.13. The van der Waals surface area contributed by atoms with E-state index in [0.29, 0.717) is 10.8 Å². The van der Waals surface area contributed by atoms with Crippen molar-refractivity contribution in [3.8, 4) is 0 Å². The maximum Gasteiger partial charge on any atom is 0.257 e. The average Bonchev–Trinajstić information content (AvgIpc) is 2.56. The van der Waals surface area contributed by atoms with E-state index in [4.69, 9.17) is 0 Å². The highest BCUT2D eigenvalue weighted by atomic mass is 79.9. The molecule has 0 saturated carbocycles. The topological polar surface area (TPSA) is 104 Å². The number of nitrogens with zero attached hydrogens (tertiary/aromatic N) is 1. The van der Waals surface area contributed by atoms with Gasteiger partial charge in [-0.1, -0.05) is 34.6 Å². The number of carbonyl (C=O) groups excluding carboxylic acids is 2. The molecule has 130 valence electrons. The Balaban J connectivity index is 1.92. The van der Waals surface area contributed by atoms with Crippen molar-refractivity contribution in [2.45, 2.75) is 24.4 Å². The molecule has 0 radical (unpaired) electrons. The Morgan fingerprint density at radius 3 is 2.76 bits per heavy atom. The first-order valence-corrected chi connectivity index (χ1v) is 9.39. The van der Waals surface area contributed by atoms with Crippen molar-refractivity contribution in [3.05, 3.63) is 44.7 Å². The van der Waals surface area contributed by atoms with Crippen molar-refractivity contribution < 1.29 is 9.59 Å². The predicted octanol–water partition coefficient (Wildman–Crippen LogP) is 2.71. The van der Waals surface area contributed by atoms with E-state index in [2.05, 4.69) is 36.5 Å². The normalized spacial score (nSPS) is 16.1. The molecule has 0 fully saturated rings. The van der Waals surface area contributed by atoms with Crippen LogP contribution in [0.25, 0.3) is 0 Å². The largest absolute Gasteiger partial charge is 0.326 e. The van der Waals surface area contributed by atoms with E-state index in [9.17, 15) is 14.4 Å². The molecule has 0 spiro atoms. The van der Waals surface area contributed by atoms with E-state index in [1.54, 1.807) is 24.3 Å². The van der Waals surface area contributed by atoms with Crippen LogP contribution in [0.3, 0.4) is 0 Å². The Morgan fingerprint density at radius 2 is 2.08 bits per heavy atom. The van der Waals surface area contributed by atoms with Crippen LogP contribution in [0.5, 0.6) is 0 Å². The molecule has 1 atom stereocenters. The molecule has 1 unspecified atom stereocenters. The van der Waals surface area contributed by atoms with Gasteiger partial charge in [-0.05, 0) is 30.0 Å². The summed E-state index contributed by atoms with van der Waals surface area (Å²) >= 11 is 4.68. The smallest absolute Gasteiger partial charge is 0.257 e. The van der Waals surface area contributed by atoms with Crippen molar-refractivity contribution in [2.75, 3.05) is 16.4 Å². The monoisotopic (exact) mass is 422 g/mol. The van der Waals surface area contributed by atoms with Crippen LogP contribution in [0.2, 0.25) is 0 Å². The summed E-state index contributed by atoms with van der Waals surface area (Å²) in [7, 11) is 0. The number of carbonyl (C=O) groups is 2. The summed E-state index contributed by atoms with van der Waals surface area (Å²) in [5.74, 6) is -0.754. The van der Waals surface area contributed by atoms with E-state index in [-0.39, 0.29) is 23.7 Å². The van der Waals surface area contributed by atoms with Gasteiger partial charge in [0.05, 0.1) is 11.5 Å². The zero-order valence-corrected chi connectivity index (χ0v) is 15.7. The van der Waals surface area contributed by atoms with E-state index in [1.165, 1.54) is 11.8 Å². The second-order valence-corrected chi connectivity index (χ2v) is 7.54. The Kier molecular flexibility index (Phi) is 5.24. The van der Waals surface area contributed by atoms with Gasteiger partial charge in [-0.15, -0.1) is 0 Å². The molecule has 0 aliphatic carbocycles. The van der Waals surface area contributed by atoms with Crippen LogP contribution >= 0.6 is 27.7 Å². The first kappa shape index (κ1) is 17.7. The summed E-state index contributed by atoms with van der Waals surface area (Å²) in [6.45, 7) is 1.93. The second kappa shape index (κ2) is 7.40. The highest BCUT2D eigenvalue weighted by molar-refractivity contribution is 9.10. The van der Waals surface area contributed by atoms with E-state index in [1.807, 2.05) is 6.92 Å². The third-order valence-electron chi connectivity index (χ3n) is 3.64. The molecule has 1 aromatic heterocycles. The summed E-state index contributed by atoms with van der Waals surface area (Å²) < 4.78 is 0.884. The van der Waals surface area contributed by atoms with Crippen molar-refractivity contribution in [3.63, 3.8) is 0 Å². The number of rotatable bonds is 4. The summed E-state index contributed by atoms with van der Waals surface area (Å²) in [6.07, 6.45) is -0.0968. The standard InChI is InChI=1S/C16H15BrN4O3S/c1-2-25-16-20-13-12(15(24)21-16)10(7-11(22)19-13)14(23)18-9-5-3-8(17)4-6-9/h3-6,10H,2,7H2,1H3,(H,18,23)(H2,19,20,21,22,24). The number of aromatic amines is 1. The zero-order valence-electron chi connectivity index (χ0n) is 13.3. The number of thioether (sulfide) groups is 1. The molecule has 1 aliphatic rings. The van der Waals surface area contributed by atoms with Gasteiger partial charge in [0.25, 0.3) is 5.56 Å². The van der Waals surface area contributed by atoms with Crippen LogP contribution in [0.1, 0.15) is 24.8 Å². The summed E-state index contributed by atoms with van der Waals surface area (Å²) in [6, 6.07) is 7.05. The molecule has 3 N–H and O–H groups in total. The fraction of sp³-hybridized carbons (Fsp3) is 0.250. The van der Waals surface area contributed by atoms with Crippen LogP contribution in [-0.2, 0) is 9.59 Å². The van der Waals surface area contributed by atoms with E-state index < -0.39 is 17.4 Å². The lowest BCUT2D eigenvalue weighted by Gasteiger charge is -2.23. The van der Waals surface area contributed by atoms with Crippen molar-refractivity contribution >= 4 is 51.0 Å². The van der Waals surface area contributed by atoms with Gasteiger partial charge in [-0.25, -0.2) is 4.98 Å². The van der Waals surface area contributed by atoms with Crippen LogP contribution in [0.15, 0.2) is 38.7 Å². The van der Waals surface area contributed by atoms with E-state index in [0.717, 1.165) is 10.2 Å². The van der Waals surface area contributed by atoms with Gasteiger partial charge >= 0.3 is 0 Å². The first-order chi connectivity index (χ1) is 12.0. The molecular formula is C16H15BrN4O3S. The van der Waals surface area contributed by atoms with Gasteiger partial charge in [0, 0.05) is 16.6 Å². The number of hydrogen-bond donors (Lipinski definition) is 3. The fourth-order valence-electron chi connectivity index (χ4n) is 2.54. The number of halogens is 1. The average molecular weight is 423 g/mol. The van der Waals surface area contributed by atoms with Crippen molar-refractivity contribution in [1.29, 1.82) is 0 Å².